The number of para-hydroxylation sites is 1. The molecule has 0 aliphatic rings. The van der Waals surface area contributed by atoms with Crippen molar-refractivity contribution in [3.05, 3.63) is 29.8 Å². The van der Waals surface area contributed by atoms with Gasteiger partial charge in [0.1, 0.15) is 0 Å². The number of nitrogens with two attached hydrogens (primary N) is 1. The Bertz CT molecular complexity index is 302. The van der Waals surface area contributed by atoms with E-state index in [1.165, 1.54) is 31.2 Å². The van der Waals surface area contributed by atoms with Gasteiger partial charge in [-0.15, -0.1) is 0 Å². The maximum atomic E-state index is 6.01. The summed E-state index contributed by atoms with van der Waals surface area (Å²) in [5.41, 5.74) is 8.44. The van der Waals surface area contributed by atoms with Gasteiger partial charge in [0, 0.05) is 5.69 Å². The summed E-state index contributed by atoms with van der Waals surface area (Å²) in [4.78, 5) is 0. The highest BCUT2D eigenvalue weighted by molar-refractivity contribution is 5.50. The first kappa shape index (κ1) is 12.1. The van der Waals surface area contributed by atoms with E-state index < -0.39 is 0 Å². The summed E-state index contributed by atoms with van der Waals surface area (Å²) in [5, 5.41) is 0. The third kappa shape index (κ3) is 3.26. The number of unbranched alkanes of at least 4 members (excludes halogenated alkanes) is 2. The first-order chi connectivity index (χ1) is 7.08. The molecule has 0 saturated carbocycles. The van der Waals surface area contributed by atoms with Crippen molar-refractivity contribution >= 4 is 5.69 Å². The second kappa shape index (κ2) is 5.20. The Morgan fingerprint density at radius 1 is 1.13 bits per heavy atom. The van der Waals surface area contributed by atoms with E-state index in [0.29, 0.717) is 0 Å². The van der Waals surface area contributed by atoms with Crippen LogP contribution in [0.5, 0.6) is 0 Å². The van der Waals surface area contributed by atoms with Crippen LogP contribution in [0.2, 0.25) is 0 Å². The van der Waals surface area contributed by atoms with Gasteiger partial charge in [-0.25, -0.2) is 0 Å². The van der Waals surface area contributed by atoms with E-state index in [2.05, 4.69) is 32.9 Å². The normalized spacial score (nSPS) is 11.7. The van der Waals surface area contributed by atoms with Crippen LogP contribution in [0, 0.1) is 0 Å². The highest BCUT2D eigenvalue weighted by Crippen LogP contribution is 2.32. The van der Waals surface area contributed by atoms with Gasteiger partial charge in [-0.3, -0.25) is 0 Å². The molecule has 0 saturated heterocycles. The maximum Gasteiger partial charge on any atom is 0.0352 e. The molecule has 0 aromatic heterocycles. The summed E-state index contributed by atoms with van der Waals surface area (Å²) < 4.78 is 0. The molecule has 84 valence electrons. The van der Waals surface area contributed by atoms with Crippen LogP contribution in [0.1, 0.15) is 52.0 Å². The van der Waals surface area contributed by atoms with Gasteiger partial charge >= 0.3 is 0 Å². The Kier molecular flexibility index (Phi) is 4.19. The quantitative estimate of drug-likeness (QED) is 0.567. The van der Waals surface area contributed by atoms with Crippen molar-refractivity contribution in [2.45, 2.75) is 51.9 Å². The van der Waals surface area contributed by atoms with E-state index in [9.17, 15) is 0 Å². The van der Waals surface area contributed by atoms with E-state index in [1.807, 2.05) is 12.1 Å². The molecule has 15 heavy (non-hydrogen) atoms. The van der Waals surface area contributed by atoms with Crippen molar-refractivity contribution in [3.8, 4) is 0 Å². The molecule has 1 aromatic carbocycles. The lowest BCUT2D eigenvalue weighted by Crippen LogP contribution is -2.18. The summed E-state index contributed by atoms with van der Waals surface area (Å²) in [6.07, 6.45) is 5.10. The topological polar surface area (TPSA) is 26.0 Å². The van der Waals surface area contributed by atoms with Crippen LogP contribution in [0.4, 0.5) is 5.69 Å². The lowest BCUT2D eigenvalue weighted by Gasteiger charge is -2.26. The van der Waals surface area contributed by atoms with Gasteiger partial charge in [0.15, 0.2) is 0 Å². The fourth-order valence-corrected chi connectivity index (χ4v) is 2.06. The Hall–Kier alpha value is -0.980. The molecule has 1 heteroatoms. The van der Waals surface area contributed by atoms with Crippen molar-refractivity contribution < 1.29 is 0 Å². The first-order valence-corrected chi connectivity index (χ1v) is 5.93. The van der Waals surface area contributed by atoms with Crippen molar-refractivity contribution in [1.82, 2.24) is 0 Å². The Balaban J connectivity index is 2.72. The molecule has 1 rings (SSSR count). The molecule has 0 bridgehead atoms. The Labute approximate surface area is 93.7 Å². The van der Waals surface area contributed by atoms with Crippen LogP contribution >= 0.6 is 0 Å². The minimum atomic E-state index is 0.209. The monoisotopic (exact) mass is 205 g/mol. The smallest absolute Gasteiger partial charge is 0.0352 e. The fourth-order valence-electron chi connectivity index (χ4n) is 2.06. The average Bonchev–Trinajstić information content (AvgIpc) is 2.18. The van der Waals surface area contributed by atoms with Gasteiger partial charge in [-0.1, -0.05) is 58.2 Å². The van der Waals surface area contributed by atoms with Crippen molar-refractivity contribution in [2.24, 2.45) is 0 Å². The Morgan fingerprint density at radius 3 is 2.40 bits per heavy atom. The molecule has 0 aliphatic carbocycles. The van der Waals surface area contributed by atoms with E-state index in [4.69, 9.17) is 5.73 Å². The molecule has 1 nitrogen and oxygen atoms in total. The predicted octanol–water partition coefficient (Wildman–Crippen LogP) is 4.13. The molecule has 0 atom stereocenters. The highest BCUT2D eigenvalue weighted by atomic mass is 14.6. The second-order valence-corrected chi connectivity index (χ2v) is 4.93. The molecule has 0 amide bonds. The molecule has 0 spiro atoms. The molecule has 0 aliphatic heterocycles. The summed E-state index contributed by atoms with van der Waals surface area (Å²) >= 11 is 0. The van der Waals surface area contributed by atoms with Gasteiger partial charge < -0.3 is 5.73 Å². The number of hydrogen-bond acceptors (Lipinski definition) is 1. The molecule has 0 radical (unpaired) electrons. The number of benzene rings is 1. The van der Waals surface area contributed by atoms with Gasteiger partial charge in [0.25, 0.3) is 0 Å². The van der Waals surface area contributed by atoms with Crippen molar-refractivity contribution in [2.75, 3.05) is 5.73 Å². The van der Waals surface area contributed by atoms with Crippen molar-refractivity contribution in [1.29, 1.82) is 0 Å². The van der Waals surface area contributed by atoms with Crippen LogP contribution in [0.25, 0.3) is 0 Å². The zero-order valence-corrected chi connectivity index (χ0v) is 10.2. The van der Waals surface area contributed by atoms with Crippen molar-refractivity contribution in [3.63, 3.8) is 0 Å². The van der Waals surface area contributed by atoms with Gasteiger partial charge in [-0.2, -0.15) is 0 Å². The van der Waals surface area contributed by atoms with E-state index in [-0.39, 0.29) is 5.41 Å². The van der Waals surface area contributed by atoms with Gasteiger partial charge in [0.05, 0.1) is 0 Å². The van der Waals surface area contributed by atoms with E-state index in [0.717, 1.165) is 5.69 Å². The predicted molar refractivity (Wildman–Crippen MR) is 68.0 cm³/mol. The molecule has 0 unspecified atom stereocenters. The Morgan fingerprint density at radius 2 is 1.80 bits per heavy atom. The zero-order chi connectivity index (χ0) is 11.3. The lowest BCUT2D eigenvalue weighted by atomic mass is 9.79. The average molecular weight is 205 g/mol. The zero-order valence-electron chi connectivity index (χ0n) is 10.2. The number of hydrogen-bond donors (Lipinski definition) is 1. The largest absolute Gasteiger partial charge is 0.398 e. The van der Waals surface area contributed by atoms with E-state index >= 15 is 0 Å². The second-order valence-electron chi connectivity index (χ2n) is 4.93. The lowest BCUT2D eigenvalue weighted by molar-refractivity contribution is 0.451. The fraction of sp³-hybridized carbons (Fsp3) is 0.571. The molecular formula is C14H23N. The van der Waals surface area contributed by atoms with Crippen LogP contribution in [-0.2, 0) is 5.41 Å². The third-order valence-electron chi connectivity index (χ3n) is 3.10. The molecule has 1 aromatic rings. The number of anilines is 1. The highest BCUT2D eigenvalue weighted by Gasteiger charge is 2.21. The van der Waals surface area contributed by atoms with E-state index in [1.54, 1.807) is 0 Å². The summed E-state index contributed by atoms with van der Waals surface area (Å²) in [6, 6.07) is 8.23. The number of rotatable bonds is 5. The minimum Gasteiger partial charge on any atom is -0.398 e. The number of nitrogen functional groups attached to an aromatic ring is 1. The summed E-state index contributed by atoms with van der Waals surface area (Å²) in [7, 11) is 0. The molecule has 0 heterocycles. The first-order valence-electron chi connectivity index (χ1n) is 5.93. The van der Waals surface area contributed by atoms with Crippen LogP contribution in [-0.4, -0.2) is 0 Å². The van der Waals surface area contributed by atoms with Crippen LogP contribution < -0.4 is 5.73 Å². The molecule has 2 N–H and O–H groups in total. The minimum absolute atomic E-state index is 0.209. The maximum absolute atomic E-state index is 6.01. The summed E-state index contributed by atoms with van der Waals surface area (Å²) in [6.45, 7) is 6.81. The molecular weight excluding hydrogens is 182 g/mol. The summed E-state index contributed by atoms with van der Waals surface area (Å²) in [5.74, 6) is 0. The van der Waals surface area contributed by atoms with Gasteiger partial charge in [0.2, 0.25) is 0 Å². The third-order valence-corrected chi connectivity index (χ3v) is 3.10. The molecule has 0 fully saturated rings. The van der Waals surface area contributed by atoms with Crippen LogP contribution in [0.15, 0.2) is 24.3 Å². The SMILES string of the molecule is CCCCCC(C)(C)c1ccccc1N. The van der Waals surface area contributed by atoms with Crippen LogP contribution in [0.3, 0.4) is 0 Å². The standard InChI is InChI=1S/C14H23N/c1-4-5-8-11-14(2,3)12-9-6-7-10-13(12)15/h6-7,9-10H,4-5,8,11,15H2,1-3H3. The van der Waals surface area contributed by atoms with Gasteiger partial charge in [-0.05, 0) is 23.5 Å².